The summed E-state index contributed by atoms with van der Waals surface area (Å²) in [4.78, 5) is 20.6. The molecule has 4 saturated heterocycles. The van der Waals surface area contributed by atoms with Crippen LogP contribution in [0.1, 0.15) is 12.1 Å². The molecule has 1 N–H and O–H groups in total. The fraction of sp³-hybridized carbons (Fsp3) is 0.579. The molecule has 4 aliphatic rings. The van der Waals surface area contributed by atoms with Crippen LogP contribution in [0.3, 0.4) is 0 Å². The number of anilines is 1. The molecule has 4 aliphatic heterocycles. The molecule has 0 spiro atoms. The second-order valence-corrected chi connectivity index (χ2v) is 7.82. The van der Waals surface area contributed by atoms with Crippen LogP contribution in [0.25, 0.3) is 11.4 Å². The van der Waals surface area contributed by atoms with E-state index in [1.165, 1.54) is 0 Å². The van der Waals surface area contributed by atoms with E-state index < -0.39 is 5.60 Å². The number of hydrogen-bond acceptors (Lipinski definition) is 9. The highest BCUT2D eigenvalue weighted by Gasteiger charge is 2.51. The van der Waals surface area contributed by atoms with Crippen LogP contribution < -0.4 is 10.2 Å². The molecule has 2 atom stereocenters. The minimum Gasteiger partial charge on any atom is -0.377 e. The van der Waals surface area contributed by atoms with Gasteiger partial charge in [0, 0.05) is 31.4 Å². The molecule has 2 aromatic heterocycles. The Morgan fingerprint density at radius 1 is 1.04 bits per heavy atom. The number of aromatic nitrogens is 4. The molecule has 4 fully saturated rings. The van der Waals surface area contributed by atoms with E-state index in [2.05, 4.69) is 36.5 Å². The van der Waals surface area contributed by atoms with Crippen molar-refractivity contribution in [2.75, 3.05) is 44.5 Å². The largest absolute Gasteiger partial charge is 0.377 e. The fourth-order valence-electron chi connectivity index (χ4n) is 4.82. The molecule has 6 rings (SSSR count). The lowest BCUT2D eigenvalue weighted by Gasteiger charge is -2.46. The van der Waals surface area contributed by atoms with Crippen LogP contribution in [0.2, 0.25) is 0 Å². The first-order valence-corrected chi connectivity index (χ1v) is 9.71. The summed E-state index contributed by atoms with van der Waals surface area (Å²) in [6, 6.07) is 2.37. The van der Waals surface area contributed by atoms with Crippen LogP contribution in [0.5, 0.6) is 0 Å². The summed E-state index contributed by atoms with van der Waals surface area (Å²) in [7, 11) is 0. The van der Waals surface area contributed by atoms with Crippen molar-refractivity contribution >= 4 is 5.82 Å². The van der Waals surface area contributed by atoms with Gasteiger partial charge in [-0.15, -0.1) is 0 Å². The molecule has 0 amide bonds. The van der Waals surface area contributed by atoms with Gasteiger partial charge in [0.25, 0.3) is 0 Å². The summed E-state index contributed by atoms with van der Waals surface area (Å²) >= 11 is 0. The van der Waals surface area contributed by atoms with Crippen LogP contribution in [0.15, 0.2) is 18.5 Å². The van der Waals surface area contributed by atoms with E-state index in [-0.39, 0.29) is 12.1 Å². The first kappa shape index (κ1) is 16.7. The first-order valence-electron chi connectivity index (χ1n) is 9.71. The van der Waals surface area contributed by atoms with Crippen molar-refractivity contribution in [3.8, 4) is 11.4 Å². The third-order valence-electron chi connectivity index (χ3n) is 6.08. The zero-order chi connectivity index (χ0) is 18.6. The summed E-state index contributed by atoms with van der Waals surface area (Å²) in [5.41, 5.74) is 1.18. The molecule has 1 radical (unpaired) electrons. The Kier molecular flexibility index (Phi) is 3.83. The predicted octanol–water partition coefficient (Wildman–Crippen LogP) is -0.0748. The molecule has 9 nitrogen and oxygen atoms in total. The number of nitrogens with one attached hydrogen (secondary N) is 1. The Morgan fingerprint density at radius 3 is 2.39 bits per heavy atom. The Labute approximate surface area is 162 Å². The van der Waals surface area contributed by atoms with Gasteiger partial charge in [-0.3, -0.25) is 0 Å². The average Bonchev–Trinajstić information content (AvgIpc) is 3.36. The second kappa shape index (κ2) is 6.41. The zero-order valence-electron chi connectivity index (χ0n) is 15.4. The van der Waals surface area contributed by atoms with Crippen molar-refractivity contribution in [2.45, 2.75) is 30.1 Å². The van der Waals surface area contributed by atoms with Gasteiger partial charge < -0.3 is 24.4 Å². The molecular weight excluding hydrogens is 360 g/mol. The topological polar surface area (TPSA) is 94.5 Å². The van der Waals surface area contributed by atoms with Gasteiger partial charge in [0.1, 0.15) is 11.4 Å². The van der Waals surface area contributed by atoms with E-state index >= 15 is 0 Å². The lowest BCUT2D eigenvalue weighted by molar-refractivity contribution is -0.0351. The number of nitrogens with zero attached hydrogens (tertiary/aromatic N) is 5. The molecule has 2 aromatic rings. The fourth-order valence-corrected chi connectivity index (χ4v) is 4.82. The third kappa shape index (κ3) is 2.47. The smallest absolute Gasteiger partial charge is 0.200 e. The van der Waals surface area contributed by atoms with Gasteiger partial charge in [-0.1, -0.05) is 0 Å². The van der Waals surface area contributed by atoms with E-state index in [4.69, 9.17) is 14.2 Å². The molecule has 145 valence electrons. The van der Waals surface area contributed by atoms with E-state index in [9.17, 15) is 0 Å². The molecule has 0 aliphatic carbocycles. The van der Waals surface area contributed by atoms with E-state index in [0.29, 0.717) is 44.9 Å². The van der Waals surface area contributed by atoms with Crippen molar-refractivity contribution in [3.63, 3.8) is 0 Å². The van der Waals surface area contributed by atoms with Crippen molar-refractivity contribution in [1.29, 1.82) is 0 Å². The second-order valence-electron chi connectivity index (χ2n) is 7.82. The van der Waals surface area contributed by atoms with Gasteiger partial charge in [-0.05, 0) is 6.07 Å². The quantitative estimate of drug-likeness (QED) is 0.784. The Morgan fingerprint density at radius 2 is 1.79 bits per heavy atom. The number of ether oxygens (including phenoxy) is 3. The van der Waals surface area contributed by atoms with Gasteiger partial charge in [-0.25, -0.2) is 19.9 Å². The Bertz CT molecular complexity index is 851. The molecule has 0 saturated carbocycles. The van der Waals surface area contributed by atoms with Gasteiger partial charge in [-0.2, -0.15) is 0 Å². The predicted molar refractivity (Wildman–Crippen MR) is 97.6 cm³/mol. The van der Waals surface area contributed by atoms with Crippen molar-refractivity contribution < 1.29 is 14.2 Å². The lowest BCUT2D eigenvalue weighted by atomic mass is 9.93. The number of rotatable bonds is 3. The average molecular weight is 381 g/mol. The molecule has 0 aromatic carbocycles. The van der Waals surface area contributed by atoms with Crippen LogP contribution >= 0.6 is 0 Å². The van der Waals surface area contributed by atoms with Crippen LogP contribution in [0.4, 0.5) is 5.82 Å². The summed E-state index contributed by atoms with van der Waals surface area (Å²) < 4.78 is 17.8. The normalized spacial score (nSPS) is 34.0. The Balaban J connectivity index is 1.55. The summed E-state index contributed by atoms with van der Waals surface area (Å²) in [6.07, 6.45) is 7.28. The van der Waals surface area contributed by atoms with Crippen LogP contribution in [-0.2, 0) is 19.8 Å². The molecule has 9 heteroatoms. The maximum atomic E-state index is 6.23. The van der Waals surface area contributed by atoms with Gasteiger partial charge >= 0.3 is 0 Å². The third-order valence-corrected chi connectivity index (χ3v) is 6.08. The Hall–Kier alpha value is -2.20. The zero-order valence-corrected chi connectivity index (χ0v) is 15.4. The SMILES string of the molecule is [c]1nc(N2C3COCC2COC3)c(-c2ncccn2)c(C23CNC(CO2)C3)n1. The number of morpholine rings is 3. The van der Waals surface area contributed by atoms with E-state index in [0.717, 1.165) is 30.0 Å². The van der Waals surface area contributed by atoms with Crippen LogP contribution in [-0.4, -0.2) is 77.6 Å². The summed E-state index contributed by atoms with van der Waals surface area (Å²) in [6.45, 7) is 3.84. The monoisotopic (exact) mass is 381 g/mol. The minimum atomic E-state index is -0.481. The van der Waals surface area contributed by atoms with Gasteiger partial charge in [0.2, 0.25) is 0 Å². The number of fused-ring (bicyclic) bond motifs is 4. The first-order chi connectivity index (χ1) is 13.8. The molecule has 6 heterocycles. The molecular formula is C19H21N6O3. The summed E-state index contributed by atoms with van der Waals surface area (Å²) in [5, 5.41) is 3.52. The van der Waals surface area contributed by atoms with Crippen molar-refractivity contribution in [3.05, 3.63) is 30.5 Å². The van der Waals surface area contributed by atoms with Gasteiger partial charge in [0.05, 0.1) is 56.4 Å². The molecule has 2 unspecified atom stereocenters. The van der Waals surface area contributed by atoms with Crippen molar-refractivity contribution in [1.82, 2.24) is 25.3 Å². The van der Waals surface area contributed by atoms with E-state index in [1.54, 1.807) is 12.4 Å². The van der Waals surface area contributed by atoms with Gasteiger partial charge in [0.15, 0.2) is 12.2 Å². The maximum absolute atomic E-state index is 6.23. The van der Waals surface area contributed by atoms with E-state index in [1.807, 2.05) is 6.07 Å². The van der Waals surface area contributed by atoms with Crippen molar-refractivity contribution in [2.24, 2.45) is 0 Å². The number of hydrogen-bond donors (Lipinski definition) is 1. The highest BCUT2D eigenvalue weighted by Crippen LogP contribution is 2.45. The lowest BCUT2D eigenvalue weighted by Crippen LogP contribution is -2.60. The minimum absolute atomic E-state index is 0.0996. The molecule has 28 heavy (non-hydrogen) atoms. The molecule has 4 bridgehead atoms. The maximum Gasteiger partial charge on any atom is 0.200 e. The standard InChI is InChI=1S/C19H21N6O3/c1-2-20-17(21-3-1)15-16(19-4-12(5-28-19)22-10-19)23-11-24-18(15)25-13-6-26-8-14(25)9-27-7-13/h1-3,12-14,22H,4-10H2. The highest BCUT2D eigenvalue weighted by molar-refractivity contribution is 5.75. The summed E-state index contributed by atoms with van der Waals surface area (Å²) in [5.74, 6) is 1.41. The van der Waals surface area contributed by atoms with Crippen LogP contribution in [0, 0.1) is 6.33 Å². The highest BCUT2D eigenvalue weighted by atomic mass is 16.5.